The average molecular weight is 499 g/mol. The Hall–Kier alpha value is -4.32. The molecular formula is C23H22N4O7S. The third-order valence-electron chi connectivity index (χ3n) is 4.32. The second kappa shape index (κ2) is 12.2. The summed E-state index contributed by atoms with van der Waals surface area (Å²) in [7, 11) is 2.68. The van der Waals surface area contributed by atoms with E-state index >= 15 is 0 Å². The van der Waals surface area contributed by atoms with Gasteiger partial charge in [0.1, 0.15) is 0 Å². The van der Waals surface area contributed by atoms with Gasteiger partial charge in [0.2, 0.25) is 0 Å². The molecule has 0 aliphatic carbocycles. The highest BCUT2D eigenvalue weighted by Gasteiger charge is 2.25. The molecule has 0 aromatic heterocycles. The van der Waals surface area contributed by atoms with E-state index in [9.17, 15) is 14.4 Å². The molecule has 0 atom stereocenters. The second-order valence-electron chi connectivity index (χ2n) is 6.88. The molecule has 0 radical (unpaired) electrons. The molecule has 11 nitrogen and oxygen atoms in total. The van der Waals surface area contributed by atoms with Crippen LogP contribution in [0.15, 0.2) is 63.6 Å². The van der Waals surface area contributed by atoms with Crippen LogP contribution in [0.4, 0.5) is 5.69 Å². The van der Waals surface area contributed by atoms with E-state index in [4.69, 9.17) is 14.3 Å². The highest BCUT2D eigenvalue weighted by molar-refractivity contribution is 8.18. The summed E-state index contributed by atoms with van der Waals surface area (Å²) < 4.78 is 15.3. The molecule has 1 aliphatic rings. The minimum Gasteiger partial charge on any atom is -0.493 e. The molecule has 1 fully saturated rings. The first-order valence-electron chi connectivity index (χ1n) is 10.1. The van der Waals surface area contributed by atoms with Crippen molar-refractivity contribution in [3.8, 4) is 11.5 Å². The zero-order valence-electron chi connectivity index (χ0n) is 19.1. The molecule has 1 saturated heterocycles. The zero-order valence-corrected chi connectivity index (χ0v) is 19.9. The van der Waals surface area contributed by atoms with Crippen molar-refractivity contribution in [3.05, 3.63) is 64.6 Å². The predicted molar refractivity (Wildman–Crippen MR) is 130 cm³/mol. The normalized spacial score (nSPS) is 15.2. The van der Waals surface area contributed by atoms with Gasteiger partial charge in [0.05, 0.1) is 31.0 Å². The second-order valence-corrected chi connectivity index (χ2v) is 7.91. The van der Waals surface area contributed by atoms with E-state index in [0.717, 1.165) is 23.4 Å². The van der Waals surface area contributed by atoms with Gasteiger partial charge in [-0.1, -0.05) is 17.7 Å². The Bertz CT molecular complexity index is 1190. The van der Waals surface area contributed by atoms with E-state index in [1.807, 2.05) is 19.1 Å². The predicted octanol–water partition coefficient (Wildman–Crippen LogP) is 2.56. The van der Waals surface area contributed by atoms with Gasteiger partial charge >= 0.3 is 11.9 Å². The first-order chi connectivity index (χ1) is 16.9. The molecule has 1 aliphatic heterocycles. The zero-order chi connectivity index (χ0) is 25.2. The number of aryl methyl sites for hydroxylation is 1. The lowest BCUT2D eigenvalue weighted by Crippen LogP contribution is -2.19. The molecular weight excluding hydrogens is 476 g/mol. The van der Waals surface area contributed by atoms with Crippen LogP contribution in [0.25, 0.3) is 0 Å². The molecule has 2 aromatic rings. The van der Waals surface area contributed by atoms with E-state index in [1.54, 1.807) is 30.3 Å². The van der Waals surface area contributed by atoms with Crippen LogP contribution < -0.4 is 20.3 Å². The largest absolute Gasteiger partial charge is 0.493 e. The number of esters is 1. The lowest BCUT2D eigenvalue weighted by atomic mass is 10.2. The van der Waals surface area contributed by atoms with E-state index in [-0.39, 0.29) is 16.7 Å². The van der Waals surface area contributed by atoms with Crippen molar-refractivity contribution in [2.45, 2.75) is 6.92 Å². The third kappa shape index (κ3) is 7.61. The fourth-order valence-electron chi connectivity index (χ4n) is 2.58. The quantitative estimate of drug-likeness (QED) is 0.231. The van der Waals surface area contributed by atoms with Crippen molar-refractivity contribution >= 4 is 46.7 Å². The van der Waals surface area contributed by atoms with Crippen LogP contribution in [0, 0.1) is 6.92 Å². The number of anilines is 1. The average Bonchev–Trinajstić information content (AvgIpc) is 3.21. The molecule has 1 amide bonds. The highest BCUT2D eigenvalue weighted by atomic mass is 32.2. The number of carbonyl (C=O) groups excluding carboxylic acids is 3. The van der Waals surface area contributed by atoms with Crippen molar-refractivity contribution in [2.24, 2.45) is 10.2 Å². The van der Waals surface area contributed by atoms with E-state index in [1.165, 1.54) is 20.4 Å². The molecule has 182 valence electrons. The molecule has 0 spiro atoms. The van der Waals surface area contributed by atoms with Crippen molar-refractivity contribution < 1.29 is 33.4 Å². The Balaban J connectivity index is 1.54. The van der Waals surface area contributed by atoms with Crippen LogP contribution >= 0.6 is 11.8 Å². The van der Waals surface area contributed by atoms with Gasteiger partial charge in [-0.2, -0.15) is 5.10 Å². The van der Waals surface area contributed by atoms with Gasteiger partial charge < -0.3 is 19.0 Å². The lowest BCUT2D eigenvalue weighted by Gasteiger charge is -2.11. The fraction of sp³-hybridized carbons (Fsp3) is 0.174. The monoisotopic (exact) mass is 498 g/mol. The Morgan fingerprint density at radius 3 is 2.60 bits per heavy atom. The first kappa shape index (κ1) is 25.3. The molecule has 2 N–H and O–H groups in total. The van der Waals surface area contributed by atoms with E-state index in [0.29, 0.717) is 22.7 Å². The van der Waals surface area contributed by atoms with Crippen LogP contribution in [0.2, 0.25) is 0 Å². The molecule has 0 bridgehead atoms. The number of benzene rings is 2. The fourth-order valence-corrected chi connectivity index (χ4v) is 3.32. The summed E-state index contributed by atoms with van der Waals surface area (Å²) in [5, 5.41) is 10.6. The number of amidine groups is 1. The molecule has 1 heterocycles. The molecule has 0 unspecified atom stereocenters. The highest BCUT2D eigenvalue weighted by Crippen LogP contribution is 2.28. The maximum atomic E-state index is 12.0. The Labute approximate surface area is 205 Å². The number of hydrogen-bond donors (Lipinski definition) is 2. The maximum Gasteiger partial charge on any atom is 0.369 e. The third-order valence-corrected chi connectivity index (χ3v) is 5.22. The Kier molecular flexibility index (Phi) is 8.84. The number of nitrogens with one attached hydrogen (secondary N) is 2. The van der Waals surface area contributed by atoms with Gasteiger partial charge in [-0.25, -0.2) is 15.1 Å². The number of hydrogen-bond acceptors (Lipinski definition) is 11. The van der Waals surface area contributed by atoms with Gasteiger partial charge in [-0.3, -0.25) is 10.1 Å². The number of amides is 1. The van der Waals surface area contributed by atoms with E-state index in [2.05, 4.69) is 25.7 Å². The number of carbonyl (C=O) groups is 3. The molecule has 12 heteroatoms. The van der Waals surface area contributed by atoms with Gasteiger partial charge in [0.25, 0.3) is 5.91 Å². The number of nitrogens with zero attached hydrogens (tertiary/aromatic N) is 2. The number of ether oxygens (including phenoxy) is 3. The summed E-state index contributed by atoms with van der Waals surface area (Å²) in [6, 6.07) is 12.3. The van der Waals surface area contributed by atoms with Crippen molar-refractivity contribution in [1.82, 2.24) is 5.32 Å². The van der Waals surface area contributed by atoms with Crippen LogP contribution in [0.5, 0.6) is 11.5 Å². The summed E-state index contributed by atoms with van der Waals surface area (Å²) in [4.78, 5) is 40.2. The van der Waals surface area contributed by atoms with Crippen LogP contribution in [-0.4, -0.2) is 50.1 Å². The van der Waals surface area contributed by atoms with Gasteiger partial charge in [0.15, 0.2) is 23.3 Å². The Morgan fingerprint density at radius 1 is 1.11 bits per heavy atom. The summed E-state index contributed by atoms with van der Waals surface area (Å²) in [5.41, 5.74) is 4.92. The van der Waals surface area contributed by atoms with E-state index < -0.39 is 17.8 Å². The number of thioether (sulfide) groups is 1. The van der Waals surface area contributed by atoms with Gasteiger partial charge in [0, 0.05) is 6.08 Å². The minimum absolute atomic E-state index is 0.154. The van der Waals surface area contributed by atoms with Crippen LogP contribution in [-0.2, 0) is 24.0 Å². The lowest BCUT2D eigenvalue weighted by molar-refractivity contribution is -0.143. The van der Waals surface area contributed by atoms with Gasteiger partial charge in [-0.05, 0) is 54.6 Å². The van der Waals surface area contributed by atoms with Crippen LogP contribution in [0.1, 0.15) is 11.1 Å². The molecule has 0 saturated carbocycles. The molecule has 2 aromatic carbocycles. The summed E-state index contributed by atoms with van der Waals surface area (Å²) in [6.45, 7) is 1.62. The minimum atomic E-state index is -0.641. The SMILES string of the molecule is COC(=O)/C=C1/S/C(=N\N=Cc2ccc(OCC(=O)ONc3ccc(C)cc3)c(OC)c2)NC1=O. The summed E-state index contributed by atoms with van der Waals surface area (Å²) in [5.74, 6) is -1.03. The summed E-state index contributed by atoms with van der Waals surface area (Å²) >= 11 is 0.962. The Morgan fingerprint density at radius 2 is 1.89 bits per heavy atom. The van der Waals surface area contributed by atoms with Crippen molar-refractivity contribution in [2.75, 3.05) is 26.3 Å². The van der Waals surface area contributed by atoms with Gasteiger partial charge in [-0.15, -0.1) is 5.10 Å². The maximum absolute atomic E-state index is 12.0. The number of methoxy groups -OCH3 is 2. The first-order valence-corrected chi connectivity index (χ1v) is 10.9. The standard InChI is InChI=1S/C23H22N4O7S/c1-14-4-7-16(8-5-14)27-34-21(29)13-33-17-9-6-15(10-18(17)31-2)12-24-26-23-25-22(30)19(35-23)11-20(28)32-3/h4-12,27H,13H2,1-3H3,(H,25,26,30)/b19-11+,24-12?. The van der Waals surface area contributed by atoms with Crippen molar-refractivity contribution in [1.29, 1.82) is 0 Å². The smallest absolute Gasteiger partial charge is 0.369 e. The van der Waals surface area contributed by atoms with Crippen LogP contribution in [0.3, 0.4) is 0 Å². The molecule has 35 heavy (non-hydrogen) atoms. The topological polar surface area (TPSA) is 137 Å². The van der Waals surface area contributed by atoms with Crippen molar-refractivity contribution in [3.63, 3.8) is 0 Å². The molecule has 3 rings (SSSR count). The number of rotatable bonds is 9. The summed E-state index contributed by atoms with van der Waals surface area (Å²) in [6.07, 6.45) is 2.51.